The number of nitrogens with zero attached hydrogens (tertiary/aromatic N) is 4. The number of halogens is 1. The van der Waals surface area contributed by atoms with Gasteiger partial charge >= 0.3 is 0 Å². The molecule has 0 spiro atoms. The molecule has 0 radical (unpaired) electrons. The molecule has 4 rings (SSSR count). The van der Waals surface area contributed by atoms with E-state index in [1.54, 1.807) is 6.08 Å². The van der Waals surface area contributed by atoms with Crippen LogP contribution in [0.3, 0.4) is 0 Å². The molecule has 140 valence electrons. The minimum Gasteiger partial charge on any atom is -0.378 e. The van der Waals surface area contributed by atoms with E-state index in [2.05, 4.69) is 10.1 Å². The van der Waals surface area contributed by atoms with Crippen LogP contribution in [-0.4, -0.2) is 28.7 Å². The molecule has 2 aromatic carbocycles. The lowest BCUT2D eigenvalue weighted by molar-refractivity contribution is 0.925. The van der Waals surface area contributed by atoms with Crippen LogP contribution in [0, 0.1) is 0 Å². The molecule has 0 aliphatic rings. The van der Waals surface area contributed by atoms with E-state index in [0.29, 0.717) is 20.3 Å². The van der Waals surface area contributed by atoms with Crippen LogP contribution < -0.4 is 15.0 Å². The number of fused-ring (bicyclic) bond motifs is 1. The van der Waals surface area contributed by atoms with Gasteiger partial charge in [-0.05, 0) is 47.5 Å². The van der Waals surface area contributed by atoms with Crippen molar-refractivity contribution < 1.29 is 0 Å². The van der Waals surface area contributed by atoms with E-state index in [9.17, 15) is 4.79 Å². The molecule has 0 fully saturated rings. The van der Waals surface area contributed by atoms with Crippen molar-refractivity contribution in [2.75, 3.05) is 19.0 Å². The van der Waals surface area contributed by atoms with E-state index in [1.165, 1.54) is 15.9 Å². The summed E-state index contributed by atoms with van der Waals surface area (Å²) in [6.07, 6.45) is 5.54. The van der Waals surface area contributed by atoms with Gasteiger partial charge in [0.15, 0.2) is 5.82 Å². The lowest BCUT2D eigenvalue weighted by atomic mass is 10.2. The topological polar surface area (TPSA) is 50.5 Å². The fourth-order valence-corrected chi connectivity index (χ4v) is 3.73. The number of hydrogen-bond acceptors (Lipinski definition) is 5. The van der Waals surface area contributed by atoms with E-state index < -0.39 is 0 Å². The Labute approximate surface area is 170 Å². The molecule has 28 heavy (non-hydrogen) atoms. The zero-order valence-corrected chi connectivity index (χ0v) is 16.9. The summed E-state index contributed by atoms with van der Waals surface area (Å²) >= 11 is 7.22. The predicted octanol–water partition coefficient (Wildman–Crippen LogP) is 3.59. The van der Waals surface area contributed by atoms with Crippen LogP contribution in [0.2, 0.25) is 5.02 Å². The minimum atomic E-state index is -0.157. The fraction of sp³-hybridized carbons (Fsp3) is 0.0952. The summed E-state index contributed by atoms with van der Waals surface area (Å²) in [7, 11) is 3.99. The van der Waals surface area contributed by atoms with Crippen molar-refractivity contribution in [3.05, 3.63) is 85.4 Å². The second-order valence-corrected chi connectivity index (χ2v) is 7.90. The Bertz CT molecular complexity index is 1250. The maximum absolute atomic E-state index is 12.6. The van der Waals surface area contributed by atoms with Crippen LogP contribution in [0.1, 0.15) is 17.0 Å². The van der Waals surface area contributed by atoms with E-state index in [-0.39, 0.29) is 5.56 Å². The lowest BCUT2D eigenvalue weighted by Crippen LogP contribution is -2.23. The van der Waals surface area contributed by atoms with Crippen molar-refractivity contribution in [2.45, 2.75) is 0 Å². The van der Waals surface area contributed by atoms with Gasteiger partial charge in [0.2, 0.25) is 4.96 Å². The monoisotopic (exact) mass is 408 g/mol. The number of hydrogen-bond donors (Lipinski definition) is 0. The summed E-state index contributed by atoms with van der Waals surface area (Å²) in [5, 5.41) is 5.00. The highest BCUT2D eigenvalue weighted by atomic mass is 35.5. The summed E-state index contributed by atoms with van der Waals surface area (Å²) in [5.41, 5.74) is 2.91. The first-order chi connectivity index (χ1) is 13.5. The van der Waals surface area contributed by atoms with Crippen LogP contribution in [0.5, 0.6) is 0 Å². The Balaban J connectivity index is 1.62. The van der Waals surface area contributed by atoms with Crippen LogP contribution in [0.25, 0.3) is 23.2 Å². The fourth-order valence-electron chi connectivity index (χ4n) is 2.68. The van der Waals surface area contributed by atoms with Crippen molar-refractivity contribution in [3.63, 3.8) is 0 Å². The van der Waals surface area contributed by atoms with Gasteiger partial charge in [-0.25, -0.2) is 0 Å². The van der Waals surface area contributed by atoms with Crippen LogP contribution in [0.4, 0.5) is 5.69 Å². The van der Waals surface area contributed by atoms with Crippen molar-refractivity contribution in [1.29, 1.82) is 0 Å². The molecule has 0 saturated carbocycles. The van der Waals surface area contributed by atoms with E-state index in [4.69, 9.17) is 11.6 Å². The molecular formula is C21H17ClN4OS. The van der Waals surface area contributed by atoms with Gasteiger partial charge < -0.3 is 4.90 Å². The quantitative estimate of drug-likeness (QED) is 0.518. The standard InChI is InChI=1S/C21H17ClN4OS/c1-25(2)17-10-5-15(6-11-17)13-18-20(27)26-21(28-18)23-19(24-26)12-7-14-3-8-16(22)9-4-14/h3-13H,1-2H3/b12-7+,18-13+. The Morgan fingerprint density at radius 2 is 1.68 bits per heavy atom. The Hall–Kier alpha value is -2.96. The van der Waals surface area contributed by atoms with Crippen LogP contribution in [-0.2, 0) is 0 Å². The molecule has 2 heterocycles. The number of thiazole rings is 1. The highest BCUT2D eigenvalue weighted by Crippen LogP contribution is 2.14. The molecule has 2 aromatic heterocycles. The first-order valence-corrected chi connectivity index (χ1v) is 9.81. The minimum absolute atomic E-state index is 0.157. The molecule has 0 amide bonds. The molecule has 0 unspecified atom stereocenters. The highest BCUT2D eigenvalue weighted by Gasteiger charge is 2.08. The Kier molecular flexibility index (Phi) is 4.98. The third-order valence-electron chi connectivity index (χ3n) is 4.20. The molecule has 4 aromatic rings. The van der Waals surface area contributed by atoms with Gasteiger partial charge in [-0.15, -0.1) is 5.10 Å². The largest absolute Gasteiger partial charge is 0.378 e. The zero-order chi connectivity index (χ0) is 19.7. The second kappa shape index (κ2) is 7.58. The van der Waals surface area contributed by atoms with Crippen LogP contribution >= 0.6 is 22.9 Å². The van der Waals surface area contributed by atoms with Gasteiger partial charge in [0.1, 0.15) is 0 Å². The summed E-state index contributed by atoms with van der Waals surface area (Å²) in [5.74, 6) is 0.500. The normalized spacial score (nSPS) is 12.3. The molecule has 0 aliphatic carbocycles. The Morgan fingerprint density at radius 1 is 1.00 bits per heavy atom. The summed E-state index contributed by atoms with van der Waals surface area (Å²) in [6.45, 7) is 0. The van der Waals surface area contributed by atoms with Gasteiger partial charge in [0.05, 0.1) is 4.53 Å². The molecule has 0 aliphatic heterocycles. The molecule has 0 N–H and O–H groups in total. The van der Waals surface area contributed by atoms with E-state index in [0.717, 1.165) is 16.8 Å². The molecule has 5 nitrogen and oxygen atoms in total. The molecular weight excluding hydrogens is 392 g/mol. The molecule has 0 atom stereocenters. The summed E-state index contributed by atoms with van der Waals surface area (Å²) in [6, 6.07) is 15.5. The van der Waals surface area contributed by atoms with Gasteiger partial charge in [-0.1, -0.05) is 53.3 Å². The maximum atomic E-state index is 12.6. The van der Waals surface area contributed by atoms with Crippen LogP contribution in [0.15, 0.2) is 53.3 Å². The average Bonchev–Trinajstić information content (AvgIpc) is 3.21. The van der Waals surface area contributed by atoms with Crippen molar-refractivity contribution >= 4 is 51.8 Å². The maximum Gasteiger partial charge on any atom is 0.291 e. The molecule has 0 saturated heterocycles. The number of benzene rings is 2. The summed E-state index contributed by atoms with van der Waals surface area (Å²) < 4.78 is 1.97. The first kappa shape index (κ1) is 18.4. The first-order valence-electron chi connectivity index (χ1n) is 8.62. The second-order valence-electron chi connectivity index (χ2n) is 6.45. The SMILES string of the molecule is CN(C)c1ccc(/C=c2/sc3nc(/C=C/c4ccc(Cl)cc4)nn3c2=O)cc1. The predicted molar refractivity (Wildman–Crippen MR) is 117 cm³/mol. The van der Waals surface area contributed by atoms with Gasteiger partial charge in [0.25, 0.3) is 5.56 Å². The third kappa shape index (κ3) is 3.83. The summed E-state index contributed by atoms with van der Waals surface area (Å²) in [4.78, 5) is 19.7. The number of aromatic nitrogens is 3. The van der Waals surface area contributed by atoms with Gasteiger partial charge in [0, 0.05) is 24.8 Å². The molecule has 0 bridgehead atoms. The van der Waals surface area contributed by atoms with E-state index in [1.807, 2.05) is 79.7 Å². The zero-order valence-electron chi connectivity index (χ0n) is 15.3. The van der Waals surface area contributed by atoms with Gasteiger partial charge in [-0.2, -0.15) is 9.50 Å². The van der Waals surface area contributed by atoms with Crippen molar-refractivity contribution in [2.24, 2.45) is 0 Å². The third-order valence-corrected chi connectivity index (χ3v) is 5.41. The molecule has 7 heteroatoms. The highest BCUT2D eigenvalue weighted by molar-refractivity contribution is 7.15. The van der Waals surface area contributed by atoms with Gasteiger partial charge in [-0.3, -0.25) is 4.79 Å². The van der Waals surface area contributed by atoms with Crippen molar-refractivity contribution in [1.82, 2.24) is 14.6 Å². The van der Waals surface area contributed by atoms with E-state index >= 15 is 0 Å². The average molecular weight is 409 g/mol. The Morgan fingerprint density at radius 3 is 2.32 bits per heavy atom. The van der Waals surface area contributed by atoms with Crippen molar-refractivity contribution in [3.8, 4) is 0 Å². The smallest absolute Gasteiger partial charge is 0.291 e. The number of rotatable bonds is 4. The lowest BCUT2D eigenvalue weighted by Gasteiger charge is -2.11. The number of anilines is 1.